The molecule has 0 aliphatic carbocycles. The van der Waals surface area contributed by atoms with Gasteiger partial charge in [-0.25, -0.2) is 13.4 Å². The normalized spacial score (nSPS) is 11.5. The predicted octanol–water partition coefficient (Wildman–Crippen LogP) is 4.66. The summed E-state index contributed by atoms with van der Waals surface area (Å²) >= 11 is 2.96. The number of thiophene rings is 1. The summed E-state index contributed by atoms with van der Waals surface area (Å²) in [5.41, 5.74) is 1.19. The van der Waals surface area contributed by atoms with E-state index in [2.05, 4.69) is 4.98 Å². The average molecular weight is 473 g/mol. The Labute approximate surface area is 188 Å². The van der Waals surface area contributed by atoms with E-state index in [9.17, 15) is 13.2 Å². The number of anilines is 1. The average Bonchev–Trinajstić information content (AvgIpc) is 3.42. The lowest BCUT2D eigenvalue weighted by atomic mass is 10.2. The van der Waals surface area contributed by atoms with E-state index >= 15 is 0 Å². The quantitative estimate of drug-likeness (QED) is 0.391. The largest absolute Gasteiger partial charge is 0.497 e. The van der Waals surface area contributed by atoms with Crippen molar-refractivity contribution in [3.63, 3.8) is 0 Å². The molecule has 160 valence electrons. The standard InChI is InChI=1S/C22H20N2O4S3/c1-28-16-7-5-15(6-8-16)21(25)24(12-11-17-4-3-13-29-17)22-23-19-10-9-18(31(2,26)27)14-20(19)30-22/h3-10,13-14H,11-12H2,1-2H3. The van der Waals surface area contributed by atoms with Gasteiger partial charge >= 0.3 is 0 Å². The topological polar surface area (TPSA) is 76.6 Å². The SMILES string of the molecule is COc1ccc(C(=O)N(CCc2cccs2)c2nc3ccc(S(C)(=O)=O)cc3s2)cc1. The minimum absolute atomic E-state index is 0.165. The molecule has 6 nitrogen and oxygen atoms in total. The number of thiazole rings is 1. The van der Waals surface area contributed by atoms with E-state index < -0.39 is 9.84 Å². The van der Waals surface area contributed by atoms with Crippen molar-refractivity contribution in [2.75, 3.05) is 24.8 Å². The van der Waals surface area contributed by atoms with Crippen molar-refractivity contribution < 1.29 is 17.9 Å². The highest BCUT2D eigenvalue weighted by Gasteiger charge is 2.22. The second kappa shape index (κ2) is 8.78. The van der Waals surface area contributed by atoms with Crippen molar-refractivity contribution in [3.05, 3.63) is 70.4 Å². The Kier molecular flexibility index (Phi) is 6.08. The molecule has 4 aromatic rings. The van der Waals surface area contributed by atoms with Crippen LogP contribution in [0.3, 0.4) is 0 Å². The third-order valence-corrected chi connectivity index (χ3v) is 7.84. The zero-order valence-electron chi connectivity index (χ0n) is 16.9. The molecular formula is C22H20N2O4S3. The van der Waals surface area contributed by atoms with E-state index in [0.29, 0.717) is 34.9 Å². The minimum atomic E-state index is -3.32. The summed E-state index contributed by atoms with van der Waals surface area (Å²) in [5.74, 6) is 0.511. The Balaban J connectivity index is 1.71. The van der Waals surface area contributed by atoms with Crippen LogP contribution >= 0.6 is 22.7 Å². The summed E-state index contributed by atoms with van der Waals surface area (Å²) in [6.07, 6.45) is 1.88. The number of methoxy groups -OCH3 is 1. The highest BCUT2D eigenvalue weighted by Crippen LogP contribution is 2.32. The van der Waals surface area contributed by atoms with Crippen molar-refractivity contribution in [2.24, 2.45) is 0 Å². The van der Waals surface area contributed by atoms with E-state index in [0.717, 1.165) is 4.70 Å². The van der Waals surface area contributed by atoms with Gasteiger partial charge in [-0.1, -0.05) is 17.4 Å². The van der Waals surface area contributed by atoms with Crippen molar-refractivity contribution in [1.82, 2.24) is 4.98 Å². The number of aromatic nitrogens is 1. The maximum Gasteiger partial charge on any atom is 0.260 e. The number of amides is 1. The van der Waals surface area contributed by atoms with Gasteiger partial charge in [0.05, 0.1) is 22.2 Å². The highest BCUT2D eigenvalue weighted by molar-refractivity contribution is 7.90. The molecule has 0 atom stereocenters. The number of sulfone groups is 1. The first-order valence-corrected chi connectivity index (χ1v) is 13.0. The Morgan fingerprint density at radius 2 is 1.90 bits per heavy atom. The second-order valence-corrected chi connectivity index (χ2v) is 11.0. The molecule has 0 aliphatic heterocycles. The number of carbonyl (C=O) groups excluding carboxylic acids is 1. The molecular weight excluding hydrogens is 452 g/mol. The van der Waals surface area contributed by atoms with Crippen LogP contribution in [0.15, 0.2) is 64.9 Å². The molecule has 4 rings (SSSR count). The molecule has 1 amide bonds. The summed E-state index contributed by atoms with van der Waals surface area (Å²) in [6, 6.07) is 15.8. The molecule has 0 unspecified atom stereocenters. The number of ether oxygens (including phenoxy) is 1. The van der Waals surface area contributed by atoms with Gasteiger partial charge in [0.15, 0.2) is 15.0 Å². The summed E-state index contributed by atoms with van der Waals surface area (Å²) in [4.78, 5) is 21.1. The van der Waals surface area contributed by atoms with E-state index in [1.165, 1.54) is 22.5 Å². The lowest BCUT2D eigenvalue weighted by Crippen LogP contribution is -2.32. The fourth-order valence-electron chi connectivity index (χ4n) is 3.09. The molecule has 31 heavy (non-hydrogen) atoms. The first kappa shape index (κ1) is 21.5. The van der Waals surface area contributed by atoms with Gasteiger partial charge in [0.2, 0.25) is 0 Å². The molecule has 2 aromatic carbocycles. The van der Waals surface area contributed by atoms with Crippen molar-refractivity contribution in [1.29, 1.82) is 0 Å². The molecule has 0 spiro atoms. The number of carbonyl (C=O) groups is 1. The molecule has 0 radical (unpaired) electrons. The van der Waals surface area contributed by atoms with Gasteiger partial charge in [0, 0.05) is 23.2 Å². The van der Waals surface area contributed by atoms with Gasteiger partial charge in [-0.05, 0) is 60.3 Å². The lowest BCUT2D eigenvalue weighted by molar-refractivity contribution is 0.0987. The lowest BCUT2D eigenvalue weighted by Gasteiger charge is -2.20. The van der Waals surface area contributed by atoms with Crippen LogP contribution in [0.2, 0.25) is 0 Å². The Morgan fingerprint density at radius 1 is 1.13 bits per heavy atom. The van der Waals surface area contributed by atoms with Crippen LogP contribution in [0.25, 0.3) is 10.2 Å². The van der Waals surface area contributed by atoms with Crippen LogP contribution in [0.5, 0.6) is 5.75 Å². The fraction of sp³-hybridized carbons (Fsp3) is 0.182. The molecule has 0 saturated carbocycles. The molecule has 2 heterocycles. The summed E-state index contributed by atoms with van der Waals surface area (Å²) < 4.78 is 29.7. The number of rotatable bonds is 7. The molecule has 0 bridgehead atoms. The third-order valence-electron chi connectivity index (χ3n) is 4.75. The minimum Gasteiger partial charge on any atom is -0.497 e. The molecule has 0 saturated heterocycles. The van der Waals surface area contributed by atoms with Gasteiger partial charge in [0.25, 0.3) is 5.91 Å². The Bertz CT molecular complexity index is 1310. The number of fused-ring (bicyclic) bond motifs is 1. The van der Waals surface area contributed by atoms with E-state index in [1.807, 2.05) is 17.5 Å². The van der Waals surface area contributed by atoms with Crippen molar-refractivity contribution >= 4 is 53.8 Å². The van der Waals surface area contributed by atoms with E-state index in [4.69, 9.17) is 4.74 Å². The van der Waals surface area contributed by atoms with E-state index in [1.54, 1.807) is 65.8 Å². The Morgan fingerprint density at radius 3 is 2.55 bits per heavy atom. The first-order chi connectivity index (χ1) is 14.8. The predicted molar refractivity (Wildman–Crippen MR) is 125 cm³/mol. The zero-order chi connectivity index (χ0) is 22.0. The van der Waals surface area contributed by atoms with Crippen LogP contribution in [-0.4, -0.2) is 39.2 Å². The van der Waals surface area contributed by atoms with Crippen molar-refractivity contribution in [3.8, 4) is 5.75 Å². The van der Waals surface area contributed by atoms with Crippen LogP contribution < -0.4 is 9.64 Å². The number of benzene rings is 2. The smallest absolute Gasteiger partial charge is 0.260 e. The Hall–Kier alpha value is -2.75. The third kappa shape index (κ3) is 4.79. The monoisotopic (exact) mass is 472 g/mol. The number of hydrogen-bond donors (Lipinski definition) is 0. The molecule has 0 aliphatic rings. The van der Waals surface area contributed by atoms with Crippen molar-refractivity contribution in [2.45, 2.75) is 11.3 Å². The van der Waals surface area contributed by atoms with Crippen LogP contribution in [0, 0.1) is 0 Å². The second-order valence-electron chi connectivity index (χ2n) is 6.91. The van der Waals surface area contributed by atoms with Crippen LogP contribution in [0.1, 0.15) is 15.2 Å². The summed E-state index contributed by atoms with van der Waals surface area (Å²) in [5, 5.41) is 2.55. The number of hydrogen-bond acceptors (Lipinski definition) is 7. The zero-order valence-corrected chi connectivity index (χ0v) is 19.4. The van der Waals surface area contributed by atoms with Gasteiger partial charge in [-0.3, -0.25) is 9.69 Å². The summed E-state index contributed by atoms with van der Waals surface area (Å²) in [6.45, 7) is 0.462. The maximum absolute atomic E-state index is 13.4. The van der Waals surface area contributed by atoms with Gasteiger partial charge < -0.3 is 4.74 Å². The molecule has 0 N–H and O–H groups in total. The van der Waals surface area contributed by atoms with Gasteiger partial charge in [-0.15, -0.1) is 11.3 Å². The fourth-order valence-corrected chi connectivity index (χ4v) is 5.54. The van der Waals surface area contributed by atoms with Crippen LogP contribution in [0.4, 0.5) is 5.13 Å². The number of nitrogens with zero attached hydrogens (tertiary/aromatic N) is 2. The molecule has 0 fully saturated rings. The maximum atomic E-state index is 13.4. The summed E-state index contributed by atoms with van der Waals surface area (Å²) in [7, 11) is -1.74. The van der Waals surface area contributed by atoms with E-state index in [-0.39, 0.29) is 10.8 Å². The molecule has 9 heteroatoms. The molecule has 2 aromatic heterocycles. The van der Waals surface area contributed by atoms with Gasteiger partial charge in [0.1, 0.15) is 5.75 Å². The first-order valence-electron chi connectivity index (χ1n) is 9.44. The van der Waals surface area contributed by atoms with Gasteiger partial charge in [-0.2, -0.15) is 0 Å². The van der Waals surface area contributed by atoms with Crippen LogP contribution in [-0.2, 0) is 16.3 Å². The highest BCUT2D eigenvalue weighted by atomic mass is 32.2.